The Hall–Kier alpha value is -3.44. The van der Waals surface area contributed by atoms with Crippen LogP contribution in [0.15, 0.2) is 66.4 Å². The van der Waals surface area contributed by atoms with E-state index in [-0.39, 0.29) is 22.9 Å². The highest BCUT2D eigenvalue weighted by Crippen LogP contribution is 2.37. The van der Waals surface area contributed by atoms with Gasteiger partial charge in [0.25, 0.3) is 0 Å². The lowest BCUT2D eigenvalue weighted by Crippen LogP contribution is -2.09. The number of Topliss-reactive ketones (excluding diaryl/α,β-unsaturated/α-hetero) is 1. The van der Waals surface area contributed by atoms with Crippen LogP contribution in [0.5, 0.6) is 11.5 Å². The van der Waals surface area contributed by atoms with Crippen molar-refractivity contribution in [1.29, 1.82) is 0 Å². The summed E-state index contributed by atoms with van der Waals surface area (Å²) in [5.74, 6) is -0.853. The number of hydrogen-bond acceptors (Lipinski definition) is 4. The Balaban J connectivity index is 1.61. The third-order valence-corrected chi connectivity index (χ3v) is 4.60. The lowest BCUT2D eigenvalue weighted by molar-refractivity contribution is 0.0734. The number of hydrogen-bond donors (Lipinski definition) is 0. The van der Waals surface area contributed by atoms with Crippen LogP contribution in [-0.2, 0) is 0 Å². The van der Waals surface area contributed by atoms with Crippen LogP contribution in [0.25, 0.3) is 6.08 Å². The lowest BCUT2D eigenvalue weighted by atomic mass is 10.0. The van der Waals surface area contributed by atoms with Gasteiger partial charge in [0.1, 0.15) is 17.3 Å². The van der Waals surface area contributed by atoms with Gasteiger partial charge in [0.15, 0.2) is 5.76 Å². The van der Waals surface area contributed by atoms with Gasteiger partial charge in [0.2, 0.25) is 5.78 Å². The number of ketones is 1. The van der Waals surface area contributed by atoms with Crippen LogP contribution in [-0.4, -0.2) is 11.8 Å². The summed E-state index contributed by atoms with van der Waals surface area (Å²) >= 11 is 5.98. The fourth-order valence-electron chi connectivity index (χ4n) is 3.07. The lowest BCUT2D eigenvalue weighted by Gasteiger charge is -2.08. The van der Waals surface area contributed by atoms with Crippen LogP contribution >= 0.6 is 11.6 Å². The number of halogens is 2. The van der Waals surface area contributed by atoms with Gasteiger partial charge in [-0.3, -0.25) is 4.79 Å². The number of allylic oxidation sites excluding steroid dienone is 1. The molecule has 0 unspecified atom stereocenters. The molecule has 6 heteroatoms. The normalized spacial score (nSPS) is 13.9. The summed E-state index contributed by atoms with van der Waals surface area (Å²) in [6, 6.07) is 15.3. The highest BCUT2D eigenvalue weighted by atomic mass is 35.5. The van der Waals surface area contributed by atoms with E-state index < -0.39 is 11.8 Å². The van der Waals surface area contributed by atoms with Crippen molar-refractivity contribution >= 4 is 29.4 Å². The SMILES string of the molecule is Cc1cc(OC(=O)c2cccc(F)c2)cc2c1C(=O)/C(=C/c1cccc(Cl)c1)O2. The van der Waals surface area contributed by atoms with Crippen LogP contribution in [0, 0.1) is 12.7 Å². The van der Waals surface area contributed by atoms with Crippen molar-refractivity contribution in [2.24, 2.45) is 0 Å². The molecule has 0 amide bonds. The van der Waals surface area contributed by atoms with E-state index in [2.05, 4.69) is 0 Å². The molecule has 1 aliphatic rings. The van der Waals surface area contributed by atoms with Gasteiger partial charge in [-0.1, -0.05) is 29.8 Å². The predicted molar refractivity (Wildman–Crippen MR) is 107 cm³/mol. The molecule has 4 nitrogen and oxygen atoms in total. The van der Waals surface area contributed by atoms with Crippen molar-refractivity contribution in [3.63, 3.8) is 0 Å². The summed E-state index contributed by atoms with van der Waals surface area (Å²) in [7, 11) is 0. The number of esters is 1. The number of ether oxygens (including phenoxy) is 2. The third kappa shape index (κ3) is 3.91. The Morgan fingerprint density at radius 3 is 2.66 bits per heavy atom. The maximum atomic E-state index is 13.3. The number of aryl methyl sites for hydroxylation is 1. The minimum atomic E-state index is -0.706. The summed E-state index contributed by atoms with van der Waals surface area (Å²) in [6.45, 7) is 1.72. The standard InChI is InChI=1S/C23H14ClFO4/c1-13-8-18(28-23(27)15-5-3-7-17(25)11-15)12-19-21(13)22(26)20(29-19)10-14-4-2-6-16(24)9-14/h2-12H,1H3/b20-10-. The molecule has 144 valence electrons. The van der Waals surface area contributed by atoms with E-state index in [0.717, 1.165) is 11.6 Å². The minimum absolute atomic E-state index is 0.0849. The second kappa shape index (κ2) is 7.53. The fourth-order valence-corrected chi connectivity index (χ4v) is 3.26. The highest BCUT2D eigenvalue weighted by molar-refractivity contribution is 6.30. The van der Waals surface area contributed by atoms with Crippen LogP contribution in [0.2, 0.25) is 5.02 Å². The van der Waals surface area contributed by atoms with Gasteiger partial charge >= 0.3 is 5.97 Å². The van der Waals surface area contributed by atoms with Crippen molar-refractivity contribution in [2.45, 2.75) is 6.92 Å². The topological polar surface area (TPSA) is 52.6 Å². The first-order chi connectivity index (χ1) is 13.9. The Morgan fingerprint density at radius 1 is 1.10 bits per heavy atom. The van der Waals surface area contributed by atoms with E-state index in [9.17, 15) is 14.0 Å². The minimum Gasteiger partial charge on any atom is -0.452 e. The number of rotatable bonds is 3. The van der Waals surface area contributed by atoms with Gasteiger partial charge in [-0.05, 0) is 60.5 Å². The first kappa shape index (κ1) is 18.9. The molecule has 0 fully saturated rings. The molecular weight excluding hydrogens is 395 g/mol. The molecule has 1 heterocycles. The smallest absolute Gasteiger partial charge is 0.343 e. The number of benzene rings is 3. The first-order valence-corrected chi connectivity index (χ1v) is 9.11. The molecule has 1 aliphatic heterocycles. The van der Waals surface area contributed by atoms with Gasteiger partial charge in [0, 0.05) is 11.1 Å². The Kier molecular flexibility index (Phi) is 4.91. The zero-order valence-corrected chi connectivity index (χ0v) is 16.0. The summed E-state index contributed by atoms with van der Waals surface area (Å²) in [5.41, 5.74) is 1.82. The average Bonchev–Trinajstić information content (AvgIpc) is 2.97. The van der Waals surface area contributed by atoms with E-state index in [4.69, 9.17) is 21.1 Å². The van der Waals surface area contributed by atoms with Crippen LogP contribution in [0.4, 0.5) is 4.39 Å². The molecule has 29 heavy (non-hydrogen) atoms. The molecule has 0 saturated heterocycles. The van der Waals surface area contributed by atoms with Gasteiger partial charge in [-0.2, -0.15) is 0 Å². The molecule has 3 aromatic carbocycles. The largest absolute Gasteiger partial charge is 0.452 e. The summed E-state index contributed by atoms with van der Waals surface area (Å²) < 4.78 is 24.4. The molecule has 0 aromatic heterocycles. The quantitative estimate of drug-likeness (QED) is 0.320. The molecule has 0 N–H and O–H groups in total. The highest BCUT2D eigenvalue weighted by Gasteiger charge is 2.30. The van der Waals surface area contributed by atoms with E-state index >= 15 is 0 Å². The maximum absolute atomic E-state index is 13.3. The van der Waals surface area contributed by atoms with Crippen LogP contribution < -0.4 is 9.47 Å². The van der Waals surface area contributed by atoms with Gasteiger partial charge < -0.3 is 9.47 Å². The first-order valence-electron chi connectivity index (χ1n) is 8.73. The third-order valence-electron chi connectivity index (χ3n) is 4.36. The molecule has 0 atom stereocenters. The van der Waals surface area contributed by atoms with Crippen molar-refractivity contribution in [3.05, 3.63) is 99.5 Å². The van der Waals surface area contributed by atoms with Crippen molar-refractivity contribution < 1.29 is 23.5 Å². The summed E-state index contributed by atoms with van der Waals surface area (Å²) in [6.07, 6.45) is 1.60. The molecule has 0 saturated carbocycles. The zero-order chi connectivity index (χ0) is 20.5. The molecular formula is C23H14ClFO4. The second-order valence-corrected chi connectivity index (χ2v) is 6.94. The Bertz CT molecular complexity index is 1180. The van der Waals surface area contributed by atoms with E-state index in [1.165, 1.54) is 24.3 Å². The Labute approximate surface area is 171 Å². The van der Waals surface area contributed by atoms with Crippen LogP contribution in [0.1, 0.15) is 31.8 Å². The van der Waals surface area contributed by atoms with Crippen molar-refractivity contribution in [3.8, 4) is 11.5 Å². The Morgan fingerprint density at radius 2 is 1.90 bits per heavy atom. The van der Waals surface area contributed by atoms with Crippen molar-refractivity contribution in [1.82, 2.24) is 0 Å². The van der Waals surface area contributed by atoms with E-state index in [0.29, 0.717) is 21.9 Å². The summed E-state index contributed by atoms with van der Waals surface area (Å²) in [5, 5.41) is 0.546. The molecule has 4 rings (SSSR count). The van der Waals surface area contributed by atoms with Gasteiger partial charge in [-0.25, -0.2) is 9.18 Å². The van der Waals surface area contributed by atoms with E-state index in [1.807, 2.05) is 0 Å². The molecule has 0 spiro atoms. The average molecular weight is 409 g/mol. The number of carbonyl (C=O) groups excluding carboxylic acids is 2. The zero-order valence-electron chi connectivity index (χ0n) is 15.2. The second-order valence-electron chi connectivity index (χ2n) is 6.51. The van der Waals surface area contributed by atoms with E-state index in [1.54, 1.807) is 43.3 Å². The molecule has 0 aliphatic carbocycles. The predicted octanol–water partition coefficient (Wildman–Crippen LogP) is 5.62. The fraction of sp³-hybridized carbons (Fsp3) is 0.0435. The molecule has 0 radical (unpaired) electrons. The number of carbonyl (C=O) groups is 2. The number of fused-ring (bicyclic) bond motifs is 1. The monoisotopic (exact) mass is 408 g/mol. The van der Waals surface area contributed by atoms with Gasteiger partial charge in [-0.15, -0.1) is 0 Å². The maximum Gasteiger partial charge on any atom is 0.343 e. The summed E-state index contributed by atoms with van der Waals surface area (Å²) in [4.78, 5) is 25.0. The molecule has 3 aromatic rings. The van der Waals surface area contributed by atoms with Crippen LogP contribution in [0.3, 0.4) is 0 Å². The molecule has 0 bridgehead atoms. The van der Waals surface area contributed by atoms with Crippen molar-refractivity contribution in [2.75, 3.05) is 0 Å². The van der Waals surface area contributed by atoms with Gasteiger partial charge in [0.05, 0.1) is 11.1 Å².